The SMILES string of the molecule is COc1cnc2c(-c3nc4cc(F)c(OCCOC(=O)Nc5ccc(C(=O)NC[C@H](C)O)nc5)cc4s3)cc(C)cc2n1. The zero-order valence-electron chi connectivity index (χ0n) is 23.4. The average Bonchev–Trinajstić information content (AvgIpc) is 3.40. The van der Waals surface area contributed by atoms with Crippen molar-refractivity contribution in [2.75, 3.05) is 32.2 Å². The summed E-state index contributed by atoms with van der Waals surface area (Å²) in [6.07, 6.45) is 1.38. The highest BCUT2D eigenvalue weighted by molar-refractivity contribution is 7.21. The van der Waals surface area contributed by atoms with Crippen LogP contribution in [0, 0.1) is 12.7 Å². The molecule has 0 aliphatic carbocycles. The molecule has 1 atom stereocenters. The number of aryl methyl sites for hydroxylation is 1. The number of aliphatic hydroxyl groups excluding tert-OH is 1. The Morgan fingerprint density at radius 2 is 1.91 bits per heavy atom. The third-order valence-corrected chi connectivity index (χ3v) is 7.08. The fourth-order valence-corrected chi connectivity index (χ4v) is 5.03. The molecule has 5 rings (SSSR count). The molecule has 43 heavy (non-hydrogen) atoms. The topological polar surface area (TPSA) is 158 Å². The monoisotopic (exact) mass is 606 g/mol. The number of methoxy groups -OCH3 is 1. The zero-order chi connectivity index (χ0) is 30.5. The smallest absolute Gasteiger partial charge is 0.411 e. The van der Waals surface area contributed by atoms with Gasteiger partial charge < -0.3 is 24.6 Å². The number of amides is 2. The summed E-state index contributed by atoms with van der Waals surface area (Å²) in [6, 6.07) is 9.63. The third-order valence-electron chi connectivity index (χ3n) is 6.03. The molecule has 2 amide bonds. The first kappa shape index (κ1) is 29.5. The molecule has 12 nitrogen and oxygen atoms in total. The summed E-state index contributed by atoms with van der Waals surface area (Å²) in [5, 5.41) is 14.9. The van der Waals surface area contributed by atoms with Crippen molar-refractivity contribution < 1.29 is 33.3 Å². The Labute approximate surface area is 248 Å². The minimum absolute atomic E-state index is 0.000932. The number of carbonyl (C=O) groups excluding carboxylic acids is 2. The van der Waals surface area contributed by atoms with Crippen LogP contribution < -0.4 is 20.1 Å². The molecule has 3 aromatic heterocycles. The van der Waals surface area contributed by atoms with Crippen molar-refractivity contribution in [2.45, 2.75) is 20.0 Å². The number of rotatable bonds is 10. The lowest BCUT2D eigenvalue weighted by molar-refractivity contribution is 0.0919. The molecule has 0 saturated heterocycles. The van der Waals surface area contributed by atoms with E-state index < -0.39 is 23.9 Å². The summed E-state index contributed by atoms with van der Waals surface area (Å²) in [6.45, 7) is 3.34. The molecule has 222 valence electrons. The van der Waals surface area contributed by atoms with Gasteiger partial charge in [0, 0.05) is 24.2 Å². The second kappa shape index (κ2) is 12.9. The predicted octanol–water partition coefficient (Wildman–Crippen LogP) is 4.50. The van der Waals surface area contributed by atoms with Gasteiger partial charge >= 0.3 is 6.09 Å². The Morgan fingerprint density at radius 3 is 2.65 bits per heavy atom. The van der Waals surface area contributed by atoms with Crippen LogP contribution >= 0.6 is 11.3 Å². The van der Waals surface area contributed by atoms with E-state index in [2.05, 4.69) is 30.6 Å². The summed E-state index contributed by atoms with van der Waals surface area (Å²) >= 11 is 1.36. The molecule has 0 aliphatic heterocycles. The van der Waals surface area contributed by atoms with E-state index in [1.807, 2.05) is 19.1 Å². The highest BCUT2D eigenvalue weighted by Crippen LogP contribution is 2.37. The van der Waals surface area contributed by atoms with Gasteiger partial charge in [0.25, 0.3) is 5.91 Å². The maximum absolute atomic E-state index is 14.8. The number of pyridine rings is 1. The van der Waals surface area contributed by atoms with Crippen molar-refractivity contribution in [3.8, 4) is 22.2 Å². The van der Waals surface area contributed by atoms with Gasteiger partial charge in [-0.3, -0.25) is 10.1 Å². The maximum Gasteiger partial charge on any atom is 0.411 e. The number of hydrogen-bond donors (Lipinski definition) is 3. The lowest BCUT2D eigenvalue weighted by Gasteiger charge is -2.10. The third kappa shape index (κ3) is 7.10. The van der Waals surface area contributed by atoms with Gasteiger partial charge in [-0.2, -0.15) is 0 Å². The van der Waals surface area contributed by atoms with Gasteiger partial charge in [0.15, 0.2) is 11.6 Å². The van der Waals surface area contributed by atoms with E-state index in [-0.39, 0.29) is 31.2 Å². The summed E-state index contributed by atoms with van der Waals surface area (Å²) in [5.41, 5.74) is 3.96. The molecule has 3 N–H and O–H groups in total. The Bertz CT molecular complexity index is 1800. The number of hydrogen-bond acceptors (Lipinski definition) is 11. The molecule has 2 aromatic carbocycles. The van der Waals surface area contributed by atoms with Gasteiger partial charge in [-0.25, -0.2) is 29.1 Å². The number of nitrogens with one attached hydrogen (secondary N) is 2. The minimum Gasteiger partial charge on any atom is -0.487 e. The summed E-state index contributed by atoms with van der Waals surface area (Å²) in [4.78, 5) is 41.7. The Kier molecular flexibility index (Phi) is 8.87. The van der Waals surface area contributed by atoms with Gasteiger partial charge in [0.2, 0.25) is 5.88 Å². The highest BCUT2D eigenvalue weighted by atomic mass is 32.1. The number of benzene rings is 2. The van der Waals surface area contributed by atoms with E-state index >= 15 is 0 Å². The number of ether oxygens (including phenoxy) is 3. The van der Waals surface area contributed by atoms with E-state index in [0.717, 1.165) is 11.1 Å². The molecule has 3 heterocycles. The molecular formula is C29H27FN6O6S. The lowest BCUT2D eigenvalue weighted by Crippen LogP contribution is -2.31. The van der Waals surface area contributed by atoms with Crippen LogP contribution in [-0.4, -0.2) is 70.0 Å². The quantitative estimate of drug-likeness (QED) is 0.193. The van der Waals surface area contributed by atoms with Gasteiger partial charge in [-0.05, 0) is 43.7 Å². The van der Waals surface area contributed by atoms with Crippen molar-refractivity contribution in [1.82, 2.24) is 25.3 Å². The van der Waals surface area contributed by atoms with E-state index in [1.54, 1.807) is 13.0 Å². The summed E-state index contributed by atoms with van der Waals surface area (Å²) in [7, 11) is 1.53. The van der Waals surface area contributed by atoms with Gasteiger partial charge in [-0.1, -0.05) is 0 Å². The second-order valence-electron chi connectivity index (χ2n) is 9.46. The van der Waals surface area contributed by atoms with Crippen LogP contribution in [0.1, 0.15) is 23.0 Å². The molecule has 5 aromatic rings. The van der Waals surface area contributed by atoms with Gasteiger partial charge in [0.1, 0.15) is 23.9 Å². The van der Waals surface area contributed by atoms with Crippen LogP contribution in [0.3, 0.4) is 0 Å². The lowest BCUT2D eigenvalue weighted by atomic mass is 10.1. The van der Waals surface area contributed by atoms with Crippen molar-refractivity contribution in [3.05, 3.63) is 65.9 Å². The van der Waals surface area contributed by atoms with Crippen molar-refractivity contribution >= 4 is 50.3 Å². The summed E-state index contributed by atoms with van der Waals surface area (Å²) in [5.74, 6) is -0.651. The Morgan fingerprint density at radius 1 is 1.07 bits per heavy atom. The van der Waals surface area contributed by atoms with E-state index in [0.29, 0.717) is 37.8 Å². The number of fused-ring (bicyclic) bond motifs is 2. The molecular weight excluding hydrogens is 579 g/mol. The van der Waals surface area contributed by atoms with Crippen LogP contribution in [0.15, 0.2) is 48.8 Å². The highest BCUT2D eigenvalue weighted by Gasteiger charge is 2.16. The number of aromatic nitrogens is 4. The number of aliphatic hydroxyl groups is 1. The van der Waals surface area contributed by atoms with E-state index in [4.69, 9.17) is 14.2 Å². The van der Waals surface area contributed by atoms with E-state index in [9.17, 15) is 19.1 Å². The molecule has 0 bridgehead atoms. The molecule has 0 fully saturated rings. The van der Waals surface area contributed by atoms with Crippen LogP contribution in [0.4, 0.5) is 14.9 Å². The largest absolute Gasteiger partial charge is 0.487 e. The van der Waals surface area contributed by atoms with Crippen molar-refractivity contribution in [2.24, 2.45) is 0 Å². The molecule has 0 unspecified atom stereocenters. The zero-order valence-corrected chi connectivity index (χ0v) is 24.2. The first-order chi connectivity index (χ1) is 20.7. The summed E-state index contributed by atoms with van der Waals surface area (Å²) < 4.78 is 31.4. The van der Waals surface area contributed by atoms with Gasteiger partial charge in [-0.15, -0.1) is 11.3 Å². The van der Waals surface area contributed by atoms with Crippen LogP contribution in [0.25, 0.3) is 31.8 Å². The minimum atomic E-state index is -0.772. The average molecular weight is 607 g/mol. The Hall–Kier alpha value is -4.95. The molecule has 0 spiro atoms. The number of anilines is 1. The standard InChI is InChI=1S/C29H27FN6O6S/c1-15-8-18(26-22(9-15)35-25(40-3)14-32-26)28-36-21-10-19(30)23(11-24(21)43-28)41-6-7-42-29(39)34-17-4-5-20(31-13-17)27(38)33-12-16(2)37/h4-5,8-11,13-14,16,37H,6-7,12H2,1-3H3,(H,33,38)(H,34,39)/t16-/m0/s1. The Balaban J connectivity index is 1.18. The fourth-order valence-electron chi connectivity index (χ4n) is 4.04. The van der Waals surface area contributed by atoms with Crippen LogP contribution in [-0.2, 0) is 4.74 Å². The second-order valence-corrected chi connectivity index (χ2v) is 10.5. The number of nitrogens with zero attached hydrogens (tertiary/aromatic N) is 4. The molecule has 0 saturated carbocycles. The molecule has 0 aliphatic rings. The fraction of sp³-hybridized carbons (Fsp3) is 0.241. The van der Waals surface area contributed by atoms with Crippen molar-refractivity contribution in [3.63, 3.8) is 0 Å². The van der Waals surface area contributed by atoms with Crippen LogP contribution in [0.5, 0.6) is 11.6 Å². The number of halogens is 1. The van der Waals surface area contributed by atoms with Crippen molar-refractivity contribution in [1.29, 1.82) is 0 Å². The predicted molar refractivity (Wildman–Crippen MR) is 158 cm³/mol. The first-order valence-corrected chi connectivity index (χ1v) is 13.9. The maximum atomic E-state index is 14.8. The normalized spacial score (nSPS) is 11.7. The van der Waals surface area contributed by atoms with Crippen LogP contribution in [0.2, 0.25) is 0 Å². The first-order valence-electron chi connectivity index (χ1n) is 13.1. The number of thiazole rings is 1. The van der Waals surface area contributed by atoms with Gasteiger partial charge in [0.05, 0.1) is 52.5 Å². The van der Waals surface area contributed by atoms with E-state index in [1.165, 1.54) is 49.0 Å². The molecule has 14 heteroatoms. The molecule has 0 radical (unpaired) electrons. The number of carbonyl (C=O) groups is 2.